The van der Waals surface area contributed by atoms with Crippen LogP contribution in [0.4, 0.5) is 5.82 Å². The summed E-state index contributed by atoms with van der Waals surface area (Å²) in [7, 11) is 0. The number of hydrogen-bond acceptors (Lipinski definition) is 3. The van der Waals surface area contributed by atoms with Crippen molar-refractivity contribution >= 4 is 5.82 Å². The van der Waals surface area contributed by atoms with Crippen LogP contribution in [0, 0.1) is 30.1 Å². The number of rotatable bonds is 3. The highest BCUT2D eigenvalue weighted by molar-refractivity contribution is 5.55. The summed E-state index contributed by atoms with van der Waals surface area (Å²) in [6, 6.07) is 4.12. The van der Waals surface area contributed by atoms with Gasteiger partial charge in [0.1, 0.15) is 11.9 Å². The van der Waals surface area contributed by atoms with Gasteiger partial charge in [-0.15, -0.1) is 0 Å². The van der Waals surface area contributed by atoms with Gasteiger partial charge < -0.3 is 5.32 Å². The molecule has 1 aromatic rings. The molecule has 1 N–H and O–H groups in total. The summed E-state index contributed by atoms with van der Waals surface area (Å²) in [6.07, 6.45) is 7.09. The van der Waals surface area contributed by atoms with Crippen LogP contribution in [0.1, 0.15) is 43.7 Å². The molecule has 0 bridgehead atoms. The van der Waals surface area contributed by atoms with Crippen molar-refractivity contribution in [3.8, 4) is 6.07 Å². The van der Waals surface area contributed by atoms with Crippen molar-refractivity contribution in [2.45, 2.75) is 39.5 Å². The van der Waals surface area contributed by atoms with Crippen LogP contribution in [0.3, 0.4) is 0 Å². The number of hydrogen-bond donors (Lipinski definition) is 1. The smallest absolute Gasteiger partial charge is 0.144 e. The standard InChI is InChI=1S/C15H21N3/c1-11-5-3-4-6-13(11)10-18-15-14(9-16)12(2)7-8-17-15/h7-8,11,13H,3-6,10H2,1-2H3,(H,17,18). The van der Waals surface area contributed by atoms with Crippen LogP contribution in [-0.2, 0) is 0 Å². The molecule has 0 radical (unpaired) electrons. The molecule has 0 spiro atoms. The highest BCUT2D eigenvalue weighted by atomic mass is 15.0. The van der Waals surface area contributed by atoms with Crippen LogP contribution in [0.15, 0.2) is 12.3 Å². The van der Waals surface area contributed by atoms with Crippen LogP contribution in [0.25, 0.3) is 0 Å². The zero-order chi connectivity index (χ0) is 13.0. The number of anilines is 1. The van der Waals surface area contributed by atoms with Crippen molar-refractivity contribution in [1.29, 1.82) is 5.26 Å². The highest BCUT2D eigenvalue weighted by Crippen LogP contribution is 2.29. The van der Waals surface area contributed by atoms with Crippen LogP contribution in [0.2, 0.25) is 0 Å². The van der Waals surface area contributed by atoms with Gasteiger partial charge in [-0.2, -0.15) is 5.26 Å². The minimum atomic E-state index is 0.681. The quantitative estimate of drug-likeness (QED) is 0.884. The first-order chi connectivity index (χ1) is 8.72. The molecule has 3 nitrogen and oxygen atoms in total. The van der Waals surface area contributed by atoms with E-state index in [2.05, 4.69) is 23.3 Å². The van der Waals surface area contributed by atoms with E-state index in [9.17, 15) is 0 Å². The van der Waals surface area contributed by atoms with E-state index in [1.807, 2.05) is 13.0 Å². The average molecular weight is 243 g/mol. The molecule has 1 fully saturated rings. The molecule has 1 heterocycles. The fraction of sp³-hybridized carbons (Fsp3) is 0.600. The van der Waals surface area contributed by atoms with Gasteiger partial charge in [0.15, 0.2) is 0 Å². The number of aryl methyl sites for hydroxylation is 1. The monoisotopic (exact) mass is 243 g/mol. The second kappa shape index (κ2) is 5.86. The van der Waals surface area contributed by atoms with Gasteiger partial charge in [-0.1, -0.05) is 26.2 Å². The highest BCUT2D eigenvalue weighted by Gasteiger charge is 2.21. The van der Waals surface area contributed by atoms with Gasteiger partial charge in [-0.05, 0) is 36.8 Å². The average Bonchev–Trinajstić information content (AvgIpc) is 2.38. The van der Waals surface area contributed by atoms with Crippen LogP contribution < -0.4 is 5.32 Å². The first kappa shape index (κ1) is 12.9. The first-order valence-electron chi connectivity index (χ1n) is 6.82. The zero-order valence-electron chi connectivity index (χ0n) is 11.2. The van der Waals surface area contributed by atoms with Crippen LogP contribution in [0.5, 0.6) is 0 Å². The molecule has 1 aromatic heterocycles. The Hall–Kier alpha value is -1.56. The Kier molecular flexibility index (Phi) is 4.19. The minimum Gasteiger partial charge on any atom is -0.369 e. The molecule has 96 valence electrons. The lowest BCUT2D eigenvalue weighted by molar-refractivity contribution is 0.268. The third-order valence-electron chi connectivity index (χ3n) is 4.09. The molecule has 0 aliphatic heterocycles. The number of pyridine rings is 1. The van der Waals surface area contributed by atoms with Gasteiger partial charge >= 0.3 is 0 Å². The second-order valence-corrected chi connectivity index (χ2v) is 5.37. The van der Waals surface area contributed by atoms with Gasteiger partial charge in [-0.3, -0.25) is 0 Å². The topological polar surface area (TPSA) is 48.7 Å². The summed E-state index contributed by atoms with van der Waals surface area (Å²) in [5.74, 6) is 2.24. The van der Waals surface area contributed by atoms with Crippen molar-refractivity contribution in [1.82, 2.24) is 4.98 Å². The van der Waals surface area contributed by atoms with E-state index in [4.69, 9.17) is 5.26 Å². The maximum absolute atomic E-state index is 9.16. The van der Waals surface area contributed by atoms with Crippen LogP contribution in [-0.4, -0.2) is 11.5 Å². The van der Waals surface area contributed by atoms with Crippen molar-refractivity contribution in [3.05, 3.63) is 23.4 Å². The summed E-state index contributed by atoms with van der Waals surface area (Å²) >= 11 is 0. The van der Waals surface area contributed by atoms with E-state index in [1.54, 1.807) is 6.20 Å². The van der Waals surface area contributed by atoms with Gasteiger partial charge in [-0.25, -0.2) is 4.98 Å². The summed E-state index contributed by atoms with van der Waals surface area (Å²) in [5.41, 5.74) is 1.67. The lowest BCUT2D eigenvalue weighted by Crippen LogP contribution is -2.25. The molecule has 2 rings (SSSR count). The SMILES string of the molecule is Cc1ccnc(NCC2CCCCC2C)c1C#N. The van der Waals surface area contributed by atoms with E-state index in [-0.39, 0.29) is 0 Å². The van der Waals surface area contributed by atoms with E-state index in [0.717, 1.165) is 23.8 Å². The predicted molar refractivity (Wildman–Crippen MR) is 73.3 cm³/mol. The summed E-state index contributed by atoms with van der Waals surface area (Å²) in [4.78, 5) is 4.29. The Bertz CT molecular complexity index is 448. The predicted octanol–water partition coefficient (Wildman–Crippen LogP) is 3.50. The molecule has 2 atom stereocenters. The molecule has 0 amide bonds. The van der Waals surface area contributed by atoms with Gasteiger partial charge in [0.2, 0.25) is 0 Å². The van der Waals surface area contributed by atoms with E-state index in [0.29, 0.717) is 11.5 Å². The van der Waals surface area contributed by atoms with Crippen molar-refractivity contribution in [3.63, 3.8) is 0 Å². The maximum Gasteiger partial charge on any atom is 0.144 e. The molecule has 0 saturated heterocycles. The van der Waals surface area contributed by atoms with Crippen molar-refractivity contribution in [2.24, 2.45) is 11.8 Å². The molecule has 2 unspecified atom stereocenters. The lowest BCUT2D eigenvalue weighted by atomic mass is 9.80. The molecular formula is C15H21N3. The molecule has 1 saturated carbocycles. The number of nitrogens with zero attached hydrogens (tertiary/aromatic N) is 2. The Morgan fingerprint density at radius 1 is 1.44 bits per heavy atom. The fourth-order valence-electron chi connectivity index (χ4n) is 2.76. The maximum atomic E-state index is 9.16. The summed E-state index contributed by atoms with van der Waals surface area (Å²) in [5, 5.41) is 12.5. The number of aromatic nitrogens is 1. The molecule has 1 aliphatic carbocycles. The largest absolute Gasteiger partial charge is 0.369 e. The molecule has 0 aromatic carbocycles. The Morgan fingerprint density at radius 2 is 2.22 bits per heavy atom. The Labute approximate surface area is 109 Å². The number of nitrogens with one attached hydrogen (secondary N) is 1. The lowest BCUT2D eigenvalue weighted by Gasteiger charge is -2.29. The molecule has 18 heavy (non-hydrogen) atoms. The normalized spacial score (nSPS) is 23.4. The number of nitriles is 1. The fourth-order valence-corrected chi connectivity index (χ4v) is 2.76. The minimum absolute atomic E-state index is 0.681. The summed E-state index contributed by atoms with van der Waals surface area (Å²) < 4.78 is 0. The van der Waals surface area contributed by atoms with E-state index < -0.39 is 0 Å². The molecule has 1 aliphatic rings. The Balaban J connectivity index is 2.02. The zero-order valence-corrected chi connectivity index (χ0v) is 11.2. The molecule has 3 heteroatoms. The van der Waals surface area contributed by atoms with Crippen molar-refractivity contribution in [2.75, 3.05) is 11.9 Å². The first-order valence-corrected chi connectivity index (χ1v) is 6.82. The van der Waals surface area contributed by atoms with Crippen molar-refractivity contribution < 1.29 is 0 Å². The third-order valence-corrected chi connectivity index (χ3v) is 4.09. The van der Waals surface area contributed by atoms with Crippen LogP contribution >= 0.6 is 0 Å². The third kappa shape index (κ3) is 2.81. The van der Waals surface area contributed by atoms with Gasteiger partial charge in [0.25, 0.3) is 0 Å². The van der Waals surface area contributed by atoms with E-state index in [1.165, 1.54) is 25.7 Å². The Morgan fingerprint density at radius 3 is 2.94 bits per heavy atom. The molecular weight excluding hydrogens is 222 g/mol. The van der Waals surface area contributed by atoms with E-state index >= 15 is 0 Å². The summed E-state index contributed by atoms with van der Waals surface area (Å²) in [6.45, 7) is 5.22. The van der Waals surface area contributed by atoms with Gasteiger partial charge in [0, 0.05) is 12.7 Å². The van der Waals surface area contributed by atoms with Gasteiger partial charge in [0.05, 0.1) is 5.56 Å². The second-order valence-electron chi connectivity index (χ2n) is 5.37.